The third kappa shape index (κ3) is 4.34. The Balaban J connectivity index is 1.84. The SMILES string of the molecule is Cc1ccc(C(=O)Nc2ccc(F)c(F)c2)cc1NS(=O)(=O)c1ccccc1. The molecule has 0 aromatic heterocycles. The van der Waals surface area contributed by atoms with Crippen LogP contribution < -0.4 is 10.0 Å². The fourth-order valence-corrected chi connectivity index (χ4v) is 3.60. The van der Waals surface area contributed by atoms with Gasteiger partial charge in [-0.3, -0.25) is 9.52 Å². The van der Waals surface area contributed by atoms with Crippen LogP contribution in [0.25, 0.3) is 0 Å². The standard InChI is InChI=1S/C20H16F2N2O3S/c1-13-7-8-14(20(25)23-15-9-10-17(21)18(22)12-15)11-19(13)24-28(26,27)16-5-3-2-4-6-16/h2-12,24H,1H3,(H,23,25). The normalized spacial score (nSPS) is 11.1. The van der Waals surface area contributed by atoms with Crippen LogP contribution in [0, 0.1) is 18.6 Å². The molecule has 8 heteroatoms. The summed E-state index contributed by atoms with van der Waals surface area (Å²) in [5.74, 6) is -2.70. The Morgan fingerprint density at radius 3 is 2.29 bits per heavy atom. The monoisotopic (exact) mass is 402 g/mol. The predicted molar refractivity (Wildman–Crippen MR) is 103 cm³/mol. The highest BCUT2D eigenvalue weighted by atomic mass is 32.2. The smallest absolute Gasteiger partial charge is 0.261 e. The van der Waals surface area contributed by atoms with Crippen LogP contribution in [0.4, 0.5) is 20.2 Å². The van der Waals surface area contributed by atoms with E-state index in [0.717, 1.165) is 12.1 Å². The fourth-order valence-electron chi connectivity index (χ4n) is 2.45. The number of anilines is 2. The molecule has 0 radical (unpaired) electrons. The first-order valence-corrected chi connectivity index (χ1v) is 9.69. The highest BCUT2D eigenvalue weighted by molar-refractivity contribution is 7.92. The first-order chi connectivity index (χ1) is 13.3. The maximum Gasteiger partial charge on any atom is 0.261 e. The van der Waals surface area contributed by atoms with Crippen LogP contribution in [0.15, 0.2) is 71.6 Å². The first kappa shape index (κ1) is 19.5. The van der Waals surface area contributed by atoms with Crippen molar-refractivity contribution in [2.45, 2.75) is 11.8 Å². The summed E-state index contributed by atoms with van der Waals surface area (Å²) in [4.78, 5) is 12.5. The lowest BCUT2D eigenvalue weighted by molar-refractivity contribution is 0.102. The summed E-state index contributed by atoms with van der Waals surface area (Å²) in [6.45, 7) is 1.69. The van der Waals surface area contributed by atoms with Crippen molar-refractivity contribution in [2.75, 3.05) is 10.0 Å². The number of benzene rings is 3. The Morgan fingerprint density at radius 1 is 0.893 bits per heavy atom. The van der Waals surface area contributed by atoms with Gasteiger partial charge in [-0.25, -0.2) is 17.2 Å². The third-order valence-corrected chi connectivity index (χ3v) is 5.36. The van der Waals surface area contributed by atoms with Crippen LogP contribution in [0.2, 0.25) is 0 Å². The molecule has 0 aliphatic rings. The Morgan fingerprint density at radius 2 is 1.61 bits per heavy atom. The molecule has 0 aliphatic heterocycles. The van der Waals surface area contributed by atoms with Crippen molar-refractivity contribution >= 4 is 27.3 Å². The lowest BCUT2D eigenvalue weighted by atomic mass is 10.1. The lowest BCUT2D eigenvalue weighted by Gasteiger charge is -2.12. The molecule has 0 saturated carbocycles. The van der Waals surface area contributed by atoms with Crippen molar-refractivity contribution in [3.8, 4) is 0 Å². The van der Waals surface area contributed by atoms with Crippen molar-refractivity contribution < 1.29 is 22.0 Å². The van der Waals surface area contributed by atoms with Gasteiger partial charge in [0, 0.05) is 17.3 Å². The molecule has 3 aromatic rings. The molecule has 0 atom stereocenters. The minimum absolute atomic E-state index is 0.0795. The zero-order valence-electron chi connectivity index (χ0n) is 14.7. The first-order valence-electron chi connectivity index (χ1n) is 8.21. The van der Waals surface area contributed by atoms with Crippen molar-refractivity contribution in [3.05, 3.63) is 89.5 Å². The number of amides is 1. The van der Waals surface area contributed by atoms with Gasteiger partial charge in [0.05, 0.1) is 10.6 Å². The number of aryl methyl sites for hydroxylation is 1. The molecule has 0 saturated heterocycles. The molecular formula is C20H16F2N2O3S. The van der Waals surface area contributed by atoms with Gasteiger partial charge in [-0.05, 0) is 48.9 Å². The van der Waals surface area contributed by atoms with Crippen LogP contribution in [0.5, 0.6) is 0 Å². The zero-order chi connectivity index (χ0) is 20.3. The number of rotatable bonds is 5. The Bertz CT molecular complexity index is 1130. The van der Waals surface area contributed by atoms with Crippen LogP contribution >= 0.6 is 0 Å². The fraction of sp³-hybridized carbons (Fsp3) is 0.0500. The van der Waals surface area contributed by atoms with Crippen molar-refractivity contribution in [2.24, 2.45) is 0 Å². The van der Waals surface area contributed by atoms with Gasteiger partial charge >= 0.3 is 0 Å². The molecule has 0 heterocycles. The van der Waals surface area contributed by atoms with E-state index in [9.17, 15) is 22.0 Å². The summed E-state index contributed by atoms with van der Waals surface area (Å²) >= 11 is 0. The summed E-state index contributed by atoms with van der Waals surface area (Å²) in [5.41, 5.74) is 1.09. The number of hydrogen-bond acceptors (Lipinski definition) is 3. The molecule has 0 aliphatic carbocycles. The highest BCUT2D eigenvalue weighted by Crippen LogP contribution is 2.22. The van der Waals surface area contributed by atoms with E-state index in [2.05, 4.69) is 10.0 Å². The zero-order valence-corrected chi connectivity index (χ0v) is 15.6. The van der Waals surface area contributed by atoms with Crippen LogP contribution in [0.3, 0.4) is 0 Å². The van der Waals surface area contributed by atoms with Gasteiger partial charge < -0.3 is 5.32 Å². The van der Waals surface area contributed by atoms with Crippen LogP contribution in [0.1, 0.15) is 15.9 Å². The molecule has 3 aromatic carbocycles. The van der Waals surface area contributed by atoms with Crippen molar-refractivity contribution in [1.82, 2.24) is 0 Å². The molecule has 5 nitrogen and oxygen atoms in total. The average Bonchev–Trinajstić information content (AvgIpc) is 2.67. The van der Waals surface area contributed by atoms with Gasteiger partial charge in [-0.15, -0.1) is 0 Å². The maximum atomic E-state index is 13.3. The molecule has 144 valence electrons. The van der Waals surface area contributed by atoms with Gasteiger partial charge in [0.2, 0.25) is 0 Å². The highest BCUT2D eigenvalue weighted by Gasteiger charge is 2.16. The molecule has 2 N–H and O–H groups in total. The average molecular weight is 402 g/mol. The summed E-state index contributed by atoms with van der Waals surface area (Å²) in [6, 6.07) is 15.3. The topological polar surface area (TPSA) is 75.3 Å². The Labute approximate surface area is 161 Å². The molecule has 1 amide bonds. The molecule has 28 heavy (non-hydrogen) atoms. The van der Waals surface area contributed by atoms with Gasteiger partial charge in [0.25, 0.3) is 15.9 Å². The van der Waals surface area contributed by atoms with Gasteiger partial charge in [0.15, 0.2) is 11.6 Å². The number of halogens is 2. The Kier molecular flexibility index (Phi) is 5.41. The molecular weight excluding hydrogens is 386 g/mol. The molecule has 0 unspecified atom stereocenters. The van der Waals surface area contributed by atoms with Crippen LogP contribution in [-0.2, 0) is 10.0 Å². The number of hydrogen-bond donors (Lipinski definition) is 2. The maximum absolute atomic E-state index is 13.3. The molecule has 0 fully saturated rings. The Hall–Kier alpha value is -3.26. The van der Waals surface area contributed by atoms with E-state index in [0.29, 0.717) is 5.56 Å². The molecule has 0 spiro atoms. The minimum atomic E-state index is -3.82. The van der Waals surface area contributed by atoms with E-state index in [1.165, 1.54) is 30.3 Å². The van der Waals surface area contributed by atoms with E-state index < -0.39 is 27.6 Å². The van der Waals surface area contributed by atoms with E-state index in [1.54, 1.807) is 31.2 Å². The summed E-state index contributed by atoms with van der Waals surface area (Å²) in [6.07, 6.45) is 0. The van der Waals surface area contributed by atoms with Gasteiger partial charge in [-0.1, -0.05) is 24.3 Å². The predicted octanol–water partition coefficient (Wildman–Crippen LogP) is 4.33. The third-order valence-electron chi connectivity index (χ3n) is 3.98. The summed E-state index contributed by atoms with van der Waals surface area (Å²) in [7, 11) is -3.82. The van der Waals surface area contributed by atoms with E-state index in [-0.39, 0.29) is 21.8 Å². The molecule has 0 bridgehead atoms. The van der Waals surface area contributed by atoms with Crippen molar-refractivity contribution in [1.29, 1.82) is 0 Å². The lowest BCUT2D eigenvalue weighted by Crippen LogP contribution is -2.16. The van der Waals surface area contributed by atoms with Gasteiger partial charge in [0.1, 0.15) is 0 Å². The van der Waals surface area contributed by atoms with E-state index in [1.807, 2.05) is 0 Å². The molecule has 3 rings (SSSR count). The number of nitrogens with one attached hydrogen (secondary N) is 2. The van der Waals surface area contributed by atoms with E-state index >= 15 is 0 Å². The quantitative estimate of drug-likeness (QED) is 0.667. The van der Waals surface area contributed by atoms with Crippen molar-refractivity contribution in [3.63, 3.8) is 0 Å². The second-order valence-corrected chi connectivity index (χ2v) is 7.71. The van der Waals surface area contributed by atoms with E-state index in [4.69, 9.17) is 0 Å². The minimum Gasteiger partial charge on any atom is -0.322 e. The number of sulfonamides is 1. The largest absolute Gasteiger partial charge is 0.322 e. The second kappa shape index (κ2) is 7.77. The van der Waals surface area contributed by atoms with Crippen LogP contribution in [-0.4, -0.2) is 14.3 Å². The number of carbonyl (C=O) groups excluding carboxylic acids is 1. The summed E-state index contributed by atoms with van der Waals surface area (Å²) in [5, 5.41) is 2.44. The second-order valence-electron chi connectivity index (χ2n) is 6.03. The summed E-state index contributed by atoms with van der Waals surface area (Å²) < 4.78 is 53.8. The van der Waals surface area contributed by atoms with Gasteiger partial charge in [-0.2, -0.15) is 0 Å². The number of carbonyl (C=O) groups is 1.